The molecule has 3 atom stereocenters. The quantitative estimate of drug-likeness (QED) is 0.803. The molecule has 0 amide bonds. The number of hydrogen-bond donors (Lipinski definition) is 0. The van der Waals surface area contributed by atoms with Gasteiger partial charge < -0.3 is 9.47 Å². The van der Waals surface area contributed by atoms with Crippen molar-refractivity contribution >= 4 is 11.8 Å². The van der Waals surface area contributed by atoms with Gasteiger partial charge in [-0.05, 0) is 31.0 Å². The van der Waals surface area contributed by atoms with Crippen LogP contribution in [0.5, 0.6) is 5.75 Å². The van der Waals surface area contributed by atoms with Gasteiger partial charge in [0.15, 0.2) is 5.44 Å². The minimum absolute atomic E-state index is 0.132. The van der Waals surface area contributed by atoms with Gasteiger partial charge >= 0.3 is 0 Å². The monoisotopic (exact) mass is 298 g/mol. The van der Waals surface area contributed by atoms with Gasteiger partial charge in [-0.3, -0.25) is 0 Å². The summed E-state index contributed by atoms with van der Waals surface area (Å²) in [6.45, 7) is 0.859. The van der Waals surface area contributed by atoms with Gasteiger partial charge in [-0.2, -0.15) is 0 Å². The van der Waals surface area contributed by atoms with Crippen LogP contribution in [0.1, 0.15) is 24.5 Å². The highest BCUT2D eigenvalue weighted by atomic mass is 32.2. The van der Waals surface area contributed by atoms with Crippen LogP contribution >= 0.6 is 11.8 Å². The third-order valence-corrected chi connectivity index (χ3v) is 5.40. The van der Waals surface area contributed by atoms with Crippen LogP contribution in [0, 0.1) is 5.92 Å². The van der Waals surface area contributed by atoms with E-state index in [0.29, 0.717) is 5.92 Å². The molecule has 2 aliphatic rings. The van der Waals surface area contributed by atoms with Gasteiger partial charge in [0.25, 0.3) is 0 Å². The number of fused-ring (bicyclic) bond motifs is 3. The lowest BCUT2D eigenvalue weighted by atomic mass is 9.87. The molecule has 108 valence electrons. The van der Waals surface area contributed by atoms with E-state index in [1.165, 1.54) is 16.9 Å². The van der Waals surface area contributed by atoms with Crippen molar-refractivity contribution in [3.8, 4) is 5.75 Å². The second kappa shape index (κ2) is 5.74. The molecular formula is C18H18O2S. The molecule has 0 aliphatic carbocycles. The van der Waals surface area contributed by atoms with E-state index in [1.54, 1.807) is 0 Å². The van der Waals surface area contributed by atoms with E-state index in [9.17, 15) is 0 Å². The van der Waals surface area contributed by atoms with E-state index in [-0.39, 0.29) is 11.5 Å². The summed E-state index contributed by atoms with van der Waals surface area (Å²) < 4.78 is 12.4. The van der Waals surface area contributed by atoms with Crippen molar-refractivity contribution in [1.29, 1.82) is 0 Å². The maximum absolute atomic E-state index is 6.29. The largest absolute Gasteiger partial charge is 0.479 e. The number of rotatable bonds is 2. The topological polar surface area (TPSA) is 18.5 Å². The summed E-state index contributed by atoms with van der Waals surface area (Å²) in [5.41, 5.74) is 1.35. The summed E-state index contributed by atoms with van der Waals surface area (Å²) >= 11 is 1.81. The predicted octanol–water partition coefficient (Wildman–Crippen LogP) is 4.67. The van der Waals surface area contributed by atoms with Crippen LogP contribution in [0.25, 0.3) is 0 Å². The summed E-state index contributed by atoms with van der Waals surface area (Å²) in [7, 11) is 0. The first-order valence-corrected chi connectivity index (χ1v) is 8.39. The van der Waals surface area contributed by atoms with Crippen LogP contribution in [0.3, 0.4) is 0 Å². The number of thioether (sulfide) groups is 1. The van der Waals surface area contributed by atoms with Crippen LogP contribution in [-0.4, -0.2) is 12.0 Å². The summed E-state index contributed by atoms with van der Waals surface area (Å²) in [6.07, 6.45) is 2.48. The van der Waals surface area contributed by atoms with Crippen molar-refractivity contribution in [3.63, 3.8) is 0 Å². The van der Waals surface area contributed by atoms with Gasteiger partial charge in [0, 0.05) is 23.0 Å². The molecule has 2 aromatic rings. The zero-order valence-corrected chi connectivity index (χ0v) is 12.6. The minimum atomic E-state index is 0.132. The Balaban J connectivity index is 1.65. The summed E-state index contributed by atoms with van der Waals surface area (Å²) in [5, 5.41) is 0. The van der Waals surface area contributed by atoms with E-state index in [2.05, 4.69) is 42.5 Å². The summed E-state index contributed by atoms with van der Waals surface area (Å²) in [6, 6.07) is 18.8. The van der Waals surface area contributed by atoms with Crippen molar-refractivity contribution in [3.05, 3.63) is 60.2 Å². The molecule has 4 rings (SSSR count). The van der Waals surface area contributed by atoms with Crippen LogP contribution < -0.4 is 4.74 Å². The summed E-state index contributed by atoms with van der Waals surface area (Å²) in [5.74, 6) is 1.41. The lowest BCUT2D eigenvalue weighted by molar-refractivity contribution is -0.0631. The first kappa shape index (κ1) is 13.2. The fourth-order valence-corrected chi connectivity index (χ4v) is 4.37. The fraction of sp³-hybridized carbons (Fsp3) is 0.333. The van der Waals surface area contributed by atoms with Crippen LogP contribution in [0.4, 0.5) is 0 Å². The third-order valence-electron chi connectivity index (χ3n) is 4.18. The Bertz CT molecular complexity index is 614. The average Bonchev–Trinajstić information content (AvgIpc) is 2.56. The fourth-order valence-electron chi connectivity index (χ4n) is 3.18. The Morgan fingerprint density at radius 3 is 2.67 bits per heavy atom. The zero-order chi connectivity index (χ0) is 14.1. The number of hydrogen-bond acceptors (Lipinski definition) is 3. The highest BCUT2D eigenvalue weighted by Gasteiger charge is 2.41. The SMILES string of the molecule is c1ccc(S[C@H]2Oc3ccccc3[C@@H]3OCCC[C@@H]23)cc1. The van der Waals surface area contributed by atoms with E-state index in [0.717, 1.165) is 18.8 Å². The van der Waals surface area contributed by atoms with Crippen molar-refractivity contribution in [2.75, 3.05) is 6.61 Å². The average molecular weight is 298 g/mol. The van der Waals surface area contributed by atoms with Gasteiger partial charge in [0.05, 0.1) is 6.10 Å². The molecule has 0 saturated carbocycles. The molecule has 0 radical (unpaired) electrons. The molecule has 3 heteroatoms. The standard InChI is InChI=1S/C18H18O2S/c1-2-7-13(8-3-1)21-18-15-10-6-12-19-17(15)14-9-4-5-11-16(14)20-18/h1-5,7-9,11,15,17-18H,6,10,12H2/t15-,17+,18-/m1/s1. The van der Waals surface area contributed by atoms with Crippen LogP contribution in [-0.2, 0) is 4.74 Å². The predicted molar refractivity (Wildman–Crippen MR) is 84.6 cm³/mol. The Hall–Kier alpha value is -1.45. The van der Waals surface area contributed by atoms with Gasteiger partial charge in [0.1, 0.15) is 5.75 Å². The molecule has 1 saturated heterocycles. The van der Waals surface area contributed by atoms with Crippen LogP contribution in [0.2, 0.25) is 0 Å². The Morgan fingerprint density at radius 1 is 0.952 bits per heavy atom. The molecule has 0 aromatic heterocycles. The van der Waals surface area contributed by atoms with Crippen molar-refractivity contribution in [1.82, 2.24) is 0 Å². The first-order chi connectivity index (χ1) is 10.4. The molecule has 0 N–H and O–H groups in total. The molecule has 1 fully saturated rings. The number of ether oxygens (including phenoxy) is 2. The smallest absolute Gasteiger partial charge is 0.154 e. The zero-order valence-electron chi connectivity index (χ0n) is 11.8. The Labute approximate surface area is 129 Å². The maximum Gasteiger partial charge on any atom is 0.154 e. The Morgan fingerprint density at radius 2 is 1.76 bits per heavy atom. The number of para-hydroxylation sites is 1. The molecule has 0 bridgehead atoms. The van der Waals surface area contributed by atoms with Crippen molar-refractivity contribution in [2.45, 2.75) is 29.3 Å². The second-order valence-corrected chi connectivity index (χ2v) is 6.72. The Kier molecular flexibility index (Phi) is 3.62. The van der Waals surface area contributed by atoms with Gasteiger partial charge in [-0.1, -0.05) is 48.2 Å². The second-order valence-electron chi connectivity index (χ2n) is 5.55. The van der Waals surface area contributed by atoms with E-state index in [4.69, 9.17) is 9.47 Å². The molecule has 2 aliphatic heterocycles. The van der Waals surface area contributed by atoms with Crippen molar-refractivity contribution < 1.29 is 9.47 Å². The molecule has 2 heterocycles. The summed E-state index contributed by atoms with van der Waals surface area (Å²) in [4.78, 5) is 1.26. The van der Waals surface area contributed by atoms with Crippen molar-refractivity contribution in [2.24, 2.45) is 5.92 Å². The molecule has 2 nitrogen and oxygen atoms in total. The first-order valence-electron chi connectivity index (χ1n) is 7.51. The third kappa shape index (κ3) is 2.56. The molecule has 0 spiro atoms. The van der Waals surface area contributed by atoms with E-state index in [1.807, 2.05) is 23.9 Å². The maximum atomic E-state index is 6.29. The molecule has 21 heavy (non-hydrogen) atoms. The minimum Gasteiger partial charge on any atom is -0.479 e. The molecule has 2 aromatic carbocycles. The lowest BCUT2D eigenvalue weighted by Crippen LogP contribution is -2.37. The number of benzene rings is 2. The van der Waals surface area contributed by atoms with E-state index >= 15 is 0 Å². The normalized spacial score (nSPS) is 27.3. The van der Waals surface area contributed by atoms with Gasteiger partial charge in [-0.15, -0.1) is 0 Å². The van der Waals surface area contributed by atoms with Gasteiger partial charge in [-0.25, -0.2) is 0 Å². The highest BCUT2D eigenvalue weighted by Crippen LogP contribution is 2.48. The highest BCUT2D eigenvalue weighted by molar-refractivity contribution is 7.99. The van der Waals surface area contributed by atoms with E-state index < -0.39 is 0 Å². The van der Waals surface area contributed by atoms with Crippen LogP contribution in [0.15, 0.2) is 59.5 Å². The molecule has 0 unspecified atom stereocenters. The molecular weight excluding hydrogens is 280 g/mol. The van der Waals surface area contributed by atoms with Gasteiger partial charge in [0.2, 0.25) is 0 Å². The lowest BCUT2D eigenvalue weighted by Gasteiger charge is -2.41.